The Bertz CT molecular complexity index is 543. The van der Waals surface area contributed by atoms with Crippen LogP contribution in [0.15, 0.2) is 30.6 Å². The molecule has 1 heterocycles. The van der Waals surface area contributed by atoms with Crippen molar-refractivity contribution in [2.45, 2.75) is 6.92 Å². The molecule has 0 amide bonds. The van der Waals surface area contributed by atoms with Crippen molar-refractivity contribution in [3.63, 3.8) is 0 Å². The standard InChI is InChI=1S/C13H16N4O2/c1-3-19-10-6-4-9(5-7-10)17-13-11(18-2)12(14)15-8-16-13/h4-8H,3H2,1-2H3,(H3,14,15,16,17). The summed E-state index contributed by atoms with van der Waals surface area (Å²) in [6.07, 6.45) is 1.38. The first-order valence-electron chi connectivity index (χ1n) is 5.89. The first-order valence-corrected chi connectivity index (χ1v) is 5.89. The van der Waals surface area contributed by atoms with E-state index in [0.29, 0.717) is 24.0 Å². The van der Waals surface area contributed by atoms with E-state index >= 15 is 0 Å². The zero-order chi connectivity index (χ0) is 13.7. The van der Waals surface area contributed by atoms with Gasteiger partial charge in [-0.3, -0.25) is 0 Å². The van der Waals surface area contributed by atoms with Crippen LogP contribution in [0.2, 0.25) is 0 Å². The average molecular weight is 260 g/mol. The largest absolute Gasteiger partial charge is 0.494 e. The number of aromatic nitrogens is 2. The first-order chi connectivity index (χ1) is 9.24. The summed E-state index contributed by atoms with van der Waals surface area (Å²) in [6, 6.07) is 7.54. The second kappa shape index (κ2) is 5.90. The summed E-state index contributed by atoms with van der Waals surface area (Å²) >= 11 is 0. The fourth-order valence-corrected chi connectivity index (χ4v) is 1.62. The van der Waals surface area contributed by atoms with Crippen molar-refractivity contribution in [2.75, 3.05) is 24.8 Å². The second-order valence-corrected chi connectivity index (χ2v) is 3.72. The Kier molecular flexibility index (Phi) is 4.02. The normalized spacial score (nSPS) is 10.0. The molecule has 2 rings (SSSR count). The van der Waals surface area contributed by atoms with Gasteiger partial charge in [0.05, 0.1) is 13.7 Å². The van der Waals surface area contributed by atoms with Crippen LogP contribution in [-0.2, 0) is 0 Å². The molecule has 1 aromatic heterocycles. The van der Waals surface area contributed by atoms with Crippen molar-refractivity contribution >= 4 is 17.3 Å². The fraction of sp³-hybridized carbons (Fsp3) is 0.231. The molecule has 19 heavy (non-hydrogen) atoms. The highest BCUT2D eigenvalue weighted by atomic mass is 16.5. The Morgan fingerprint density at radius 1 is 1.21 bits per heavy atom. The van der Waals surface area contributed by atoms with E-state index in [0.717, 1.165) is 11.4 Å². The molecule has 6 nitrogen and oxygen atoms in total. The molecule has 0 saturated carbocycles. The molecule has 0 spiro atoms. The van der Waals surface area contributed by atoms with Gasteiger partial charge in [0.15, 0.2) is 11.6 Å². The SMILES string of the molecule is CCOc1ccc(Nc2ncnc(N)c2OC)cc1. The maximum Gasteiger partial charge on any atom is 0.204 e. The van der Waals surface area contributed by atoms with Gasteiger partial charge in [-0.1, -0.05) is 0 Å². The minimum Gasteiger partial charge on any atom is -0.494 e. The second-order valence-electron chi connectivity index (χ2n) is 3.72. The van der Waals surface area contributed by atoms with Crippen molar-refractivity contribution in [1.82, 2.24) is 9.97 Å². The van der Waals surface area contributed by atoms with Crippen molar-refractivity contribution < 1.29 is 9.47 Å². The Labute approximate surface area is 111 Å². The van der Waals surface area contributed by atoms with E-state index in [9.17, 15) is 0 Å². The molecule has 0 bridgehead atoms. The van der Waals surface area contributed by atoms with Crippen LogP contribution in [0.3, 0.4) is 0 Å². The minimum atomic E-state index is 0.297. The van der Waals surface area contributed by atoms with Gasteiger partial charge in [-0.05, 0) is 31.2 Å². The molecule has 0 radical (unpaired) electrons. The Morgan fingerprint density at radius 2 is 1.95 bits per heavy atom. The zero-order valence-electron chi connectivity index (χ0n) is 10.9. The van der Waals surface area contributed by atoms with Crippen LogP contribution in [-0.4, -0.2) is 23.7 Å². The van der Waals surface area contributed by atoms with Crippen LogP contribution < -0.4 is 20.5 Å². The van der Waals surface area contributed by atoms with Gasteiger partial charge in [0, 0.05) is 5.69 Å². The molecule has 0 atom stereocenters. The summed E-state index contributed by atoms with van der Waals surface area (Å²) in [5.41, 5.74) is 6.57. The van der Waals surface area contributed by atoms with E-state index in [2.05, 4.69) is 15.3 Å². The summed E-state index contributed by atoms with van der Waals surface area (Å²) in [7, 11) is 1.53. The highest BCUT2D eigenvalue weighted by Crippen LogP contribution is 2.29. The molecule has 0 saturated heterocycles. The van der Waals surface area contributed by atoms with Crippen LogP contribution >= 0.6 is 0 Å². The van der Waals surface area contributed by atoms with Gasteiger partial charge in [-0.25, -0.2) is 9.97 Å². The lowest BCUT2D eigenvalue weighted by atomic mass is 10.3. The van der Waals surface area contributed by atoms with Crippen molar-refractivity contribution in [1.29, 1.82) is 0 Å². The van der Waals surface area contributed by atoms with E-state index in [1.165, 1.54) is 13.4 Å². The van der Waals surface area contributed by atoms with Gasteiger partial charge >= 0.3 is 0 Å². The van der Waals surface area contributed by atoms with Crippen molar-refractivity contribution in [3.8, 4) is 11.5 Å². The molecule has 0 unspecified atom stereocenters. The lowest BCUT2D eigenvalue weighted by Crippen LogP contribution is -2.02. The molecule has 100 valence electrons. The maximum atomic E-state index is 5.71. The van der Waals surface area contributed by atoms with Crippen LogP contribution in [0.25, 0.3) is 0 Å². The Morgan fingerprint density at radius 3 is 2.58 bits per heavy atom. The Hall–Kier alpha value is -2.50. The summed E-state index contributed by atoms with van der Waals surface area (Å²) < 4.78 is 10.6. The lowest BCUT2D eigenvalue weighted by molar-refractivity contribution is 0.340. The molecule has 6 heteroatoms. The van der Waals surface area contributed by atoms with E-state index in [1.807, 2.05) is 31.2 Å². The maximum absolute atomic E-state index is 5.71. The van der Waals surface area contributed by atoms with Crippen molar-refractivity contribution in [3.05, 3.63) is 30.6 Å². The third-order valence-corrected chi connectivity index (χ3v) is 2.46. The van der Waals surface area contributed by atoms with E-state index < -0.39 is 0 Å². The van der Waals surface area contributed by atoms with Crippen LogP contribution in [0.1, 0.15) is 6.92 Å². The summed E-state index contributed by atoms with van der Waals surface area (Å²) in [5, 5.41) is 3.12. The number of methoxy groups -OCH3 is 1. The number of nitrogens with one attached hydrogen (secondary N) is 1. The summed E-state index contributed by atoms with van der Waals surface area (Å²) in [5.74, 6) is 2.07. The number of rotatable bonds is 5. The van der Waals surface area contributed by atoms with E-state index in [-0.39, 0.29) is 0 Å². The number of hydrogen-bond acceptors (Lipinski definition) is 6. The number of ether oxygens (including phenoxy) is 2. The van der Waals surface area contributed by atoms with E-state index in [1.54, 1.807) is 0 Å². The average Bonchev–Trinajstić information content (AvgIpc) is 2.42. The third kappa shape index (κ3) is 3.04. The summed E-state index contributed by atoms with van der Waals surface area (Å²) in [4.78, 5) is 7.98. The third-order valence-electron chi connectivity index (χ3n) is 2.46. The molecular formula is C13H16N4O2. The highest BCUT2D eigenvalue weighted by Gasteiger charge is 2.09. The summed E-state index contributed by atoms with van der Waals surface area (Å²) in [6.45, 7) is 2.59. The molecule has 0 fully saturated rings. The van der Waals surface area contributed by atoms with Gasteiger partial charge in [-0.2, -0.15) is 0 Å². The molecule has 1 aromatic carbocycles. The predicted octanol–water partition coefficient (Wildman–Crippen LogP) is 2.21. The van der Waals surface area contributed by atoms with E-state index in [4.69, 9.17) is 15.2 Å². The fourth-order valence-electron chi connectivity index (χ4n) is 1.62. The smallest absolute Gasteiger partial charge is 0.204 e. The number of benzene rings is 1. The predicted molar refractivity (Wildman–Crippen MR) is 73.9 cm³/mol. The minimum absolute atomic E-state index is 0.297. The zero-order valence-corrected chi connectivity index (χ0v) is 10.9. The molecule has 2 aromatic rings. The Balaban J connectivity index is 2.19. The molecular weight excluding hydrogens is 244 g/mol. The number of nitrogen functional groups attached to an aromatic ring is 1. The van der Waals surface area contributed by atoms with Gasteiger partial charge in [0.1, 0.15) is 12.1 Å². The number of hydrogen-bond donors (Lipinski definition) is 2. The lowest BCUT2D eigenvalue weighted by Gasteiger charge is -2.11. The first kappa shape index (κ1) is 12.9. The van der Waals surface area contributed by atoms with Crippen LogP contribution in [0.4, 0.5) is 17.3 Å². The van der Waals surface area contributed by atoms with Crippen molar-refractivity contribution in [2.24, 2.45) is 0 Å². The highest BCUT2D eigenvalue weighted by molar-refractivity contribution is 5.68. The van der Waals surface area contributed by atoms with Crippen LogP contribution in [0, 0.1) is 0 Å². The molecule has 3 N–H and O–H groups in total. The number of nitrogens with two attached hydrogens (primary N) is 1. The van der Waals surface area contributed by atoms with Gasteiger partial charge in [0.25, 0.3) is 0 Å². The molecule has 0 aliphatic carbocycles. The number of anilines is 3. The van der Waals surface area contributed by atoms with Gasteiger partial charge in [-0.15, -0.1) is 0 Å². The molecule has 0 aliphatic rings. The molecule has 0 aliphatic heterocycles. The topological polar surface area (TPSA) is 82.3 Å². The quantitative estimate of drug-likeness (QED) is 0.857. The van der Waals surface area contributed by atoms with Gasteiger partial charge in [0.2, 0.25) is 5.75 Å². The monoisotopic (exact) mass is 260 g/mol. The number of nitrogens with zero attached hydrogens (tertiary/aromatic N) is 2. The van der Waals surface area contributed by atoms with Gasteiger partial charge < -0.3 is 20.5 Å². The van der Waals surface area contributed by atoms with Crippen LogP contribution in [0.5, 0.6) is 11.5 Å².